The molecule has 0 aliphatic rings. The van der Waals surface area contributed by atoms with Crippen molar-refractivity contribution < 1.29 is 0 Å². The number of anilines is 3. The summed E-state index contributed by atoms with van der Waals surface area (Å²) in [6, 6.07) is 7.55. The summed E-state index contributed by atoms with van der Waals surface area (Å²) in [5, 5.41) is 6.06. The van der Waals surface area contributed by atoms with E-state index >= 15 is 0 Å². The zero-order chi connectivity index (χ0) is 12.1. The summed E-state index contributed by atoms with van der Waals surface area (Å²) in [5.41, 5.74) is 6.53. The van der Waals surface area contributed by atoms with Gasteiger partial charge in [-0.25, -0.2) is 0 Å². The smallest absolute Gasteiger partial charge is 0.223 e. The van der Waals surface area contributed by atoms with Crippen molar-refractivity contribution in [1.82, 2.24) is 15.0 Å². The highest BCUT2D eigenvalue weighted by Gasteiger charge is 2.01. The third-order valence-corrected chi connectivity index (χ3v) is 2.18. The summed E-state index contributed by atoms with van der Waals surface area (Å²) >= 11 is 0. The number of hydrogen-bond acceptors (Lipinski definition) is 6. The van der Waals surface area contributed by atoms with Crippen LogP contribution in [0.15, 0.2) is 30.5 Å². The predicted molar refractivity (Wildman–Crippen MR) is 67.6 cm³/mol. The highest BCUT2D eigenvalue weighted by molar-refractivity contribution is 5.50. The molecule has 4 N–H and O–H groups in total. The van der Waals surface area contributed by atoms with Gasteiger partial charge >= 0.3 is 0 Å². The lowest BCUT2D eigenvalue weighted by molar-refractivity contribution is 1.02. The van der Waals surface area contributed by atoms with Crippen LogP contribution in [0.25, 0.3) is 0 Å². The van der Waals surface area contributed by atoms with Crippen molar-refractivity contribution in [2.45, 2.75) is 6.54 Å². The van der Waals surface area contributed by atoms with Gasteiger partial charge in [0.2, 0.25) is 5.95 Å². The molecule has 2 aromatic heterocycles. The van der Waals surface area contributed by atoms with Crippen molar-refractivity contribution in [2.24, 2.45) is 0 Å². The van der Waals surface area contributed by atoms with Crippen molar-refractivity contribution in [3.8, 4) is 0 Å². The molecule has 6 nitrogen and oxygen atoms in total. The van der Waals surface area contributed by atoms with Gasteiger partial charge in [-0.15, -0.1) is 0 Å². The molecule has 0 saturated carbocycles. The van der Waals surface area contributed by atoms with Crippen LogP contribution in [0.4, 0.5) is 17.6 Å². The molecule has 2 rings (SSSR count). The van der Waals surface area contributed by atoms with Crippen LogP contribution >= 0.6 is 0 Å². The van der Waals surface area contributed by atoms with Crippen molar-refractivity contribution in [1.29, 1.82) is 0 Å². The fourth-order valence-electron chi connectivity index (χ4n) is 1.37. The Bertz CT molecular complexity index is 485. The Morgan fingerprint density at radius 3 is 2.76 bits per heavy atom. The first-order valence-electron chi connectivity index (χ1n) is 5.24. The highest BCUT2D eigenvalue weighted by Crippen LogP contribution is 2.12. The van der Waals surface area contributed by atoms with E-state index in [1.807, 2.05) is 18.2 Å². The summed E-state index contributed by atoms with van der Waals surface area (Å²) in [7, 11) is 1.78. The van der Waals surface area contributed by atoms with E-state index in [-0.39, 0.29) is 5.95 Å². The third kappa shape index (κ3) is 3.04. The first-order chi connectivity index (χ1) is 8.28. The molecule has 0 aliphatic carbocycles. The molecule has 0 spiro atoms. The van der Waals surface area contributed by atoms with Crippen LogP contribution in [-0.4, -0.2) is 22.0 Å². The van der Waals surface area contributed by atoms with Gasteiger partial charge < -0.3 is 16.4 Å². The lowest BCUT2D eigenvalue weighted by atomic mass is 10.3. The normalized spacial score (nSPS) is 9.94. The van der Waals surface area contributed by atoms with E-state index in [2.05, 4.69) is 25.6 Å². The molecule has 88 valence electrons. The van der Waals surface area contributed by atoms with Crippen LogP contribution in [-0.2, 0) is 6.54 Å². The molecule has 0 radical (unpaired) electrons. The summed E-state index contributed by atoms with van der Waals surface area (Å²) in [6.45, 7) is 0.598. The number of rotatable bonds is 4. The second-order valence-corrected chi connectivity index (χ2v) is 3.42. The number of pyridine rings is 1. The average Bonchev–Trinajstić information content (AvgIpc) is 2.37. The van der Waals surface area contributed by atoms with Crippen LogP contribution in [0.2, 0.25) is 0 Å². The van der Waals surface area contributed by atoms with Gasteiger partial charge in [-0.05, 0) is 12.1 Å². The van der Waals surface area contributed by atoms with Crippen molar-refractivity contribution in [2.75, 3.05) is 23.4 Å². The number of aromatic nitrogens is 3. The predicted octanol–water partition coefficient (Wildman–Crippen LogP) is 1.11. The Morgan fingerprint density at radius 1 is 1.24 bits per heavy atom. The molecule has 0 aliphatic heterocycles. The van der Waals surface area contributed by atoms with E-state index in [4.69, 9.17) is 5.73 Å². The number of nitrogen functional groups attached to an aromatic ring is 1. The molecule has 0 fully saturated rings. The lowest BCUT2D eigenvalue weighted by Gasteiger charge is -2.07. The Hall–Kier alpha value is -2.37. The van der Waals surface area contributed by atoms with Gasteiger partial charge in [0.25, 0.3) is 0 Å². The second-order valence-electron chi connectivity index (χ2n) is 3.42. The summed E-state index contributed by atoms with van der Waals surface area (Å²) in [4.78, 5) is 12.3. The molecule has 2 heterocycles. The molecule has 0 unspecified atom stereocenters. The molecule has 0 saturated heterocycles. The number of nitrogens with one attached hydrogen (secondary N) is 2. The van der Waals surface area contributed by atoms with Crippen molar-refractivity contribution in [3.63, 3.8) is 0 Å². The van der Waals surface area contributed by atoms with Crippen LogP contribution < -0.4 is 16.4 Å². The van der Waals surface area contributed by atoms with Gasteiger partial charge in [-0.1, -0.05) is 6.07 Å². The fourth-order valence-corrected chi connectivity index (χ4v) is 1.37. The van der Waals surface area contributed by atoms with Crippen LogP contribution in [0, 0.1) is 0 Å². The SMILES string of the molecule is CNc1cc(NCc2ccccn2)nc(N)n1. The minimum Gasteiger partial charge on any atom is -0.373 e. The highest BCUT2D eigenvalue weighted by atomic mass is 15.1. The summed E-state index contributed by atoms with van der Waals surface area (Å²) < 4.78 is 0. The van der Waals surface area contributed by atoms with E-state index < -0.39 is 0 Å². The summed E-state index contributed by atoms with van der Waals surface area (Å²) in [6.07, 6.45) is 1.75. The van der Waals surface area contributed by atoms with Gasteiger partial charge in [-0.2, -0.15) is 9.97 Å². The van der Waals surface area contributed by atoms with Gasteiger partial charge in [0.1, 0.15) is 11.6 Å². The van der Waals surface area contributed by atoms with Crippen LogP contribution in [0.1, 0.15) is 5.69 Å². The molecule has 2 aromatic rings. The van der Waals surface area contributed by atoms with E-state index in [0.717, 1.165) is 5.69 Å². The standard InChI is InChI=1S/C11H14N6/c1-13-9-6-10(17-11(12)16-9)15-7-8-4-2-3-5-14-8/h2-6H,7H2,1H3,(H4,12,13,15,16,17). The van der Waals surface area contributed by atoms with Gasteiger partial charge in [0.05, 0.1) is 12.2 Å². The maximum atomic E-state index is 5.59. The zero-order valence-electron chi connectivity index (χ0n) is 9.51. The molecule has 17 heavy (non-hydrogen) atoms. The first-order valence-corrected chi connectivity index (χ1v) is 5.24. The second kappa shape index (κ2) is 5.11. The van der Waals surface area contributed by atoms with E-state index in [1.165, 1.54) is 0 Å². The zero-order valence-corrected chi connectivity index (χ0v) is 9.51. The van der Waals surface area contributed by atoms with E-state index in [1.54, 1.807) is 19.3 Å². The first kappa shape index (κ1) is 11.1. The van der Waals surface area contributed by atoms with Gasteiger partial charge in [-0.3, -0.25) is 4.98 Å². The van der Waals surface area contributed by atoms with Gasteiger partial charge in [0, 0.05) is 19.3 Å². The molecule has 6 heteroatoms. The quantitative estimate of drug-likeness (QED) is 0.729. The molecule has 0 bridgehead atoms. The topological polar surface area (TPSA) is 88.8 Å². The molecular formula is C11H14N6. The monoisotopic (exact) mass is 230 g/mol. The van der Waals surface area contributed by atoms with Crippen LogP contribution in [0.5, 0.6) is 0 Å². The number of nitrogens with two attached hydrogens (primary N) is 1. The minimum absolute atomic E-state index is 0.236. The Labute approximate surface area is 99.3 Å². The summed E-state index contributed by atoms with van der Waals surface area (Å²) in [5.74, 6) is 1.59. The van der Waals surface area contributed by atoms with E-state index in [0.29, 0.717) is 18.2 Å². The average molecular weight is 230 g/mol. The molecule has 0 amide bonds. The molecule has 0 aromatic carbocycles. The third-order valence-electron chi connectivity index (χ3n) is 2.18. The fraction of sp³-hybridized carbons (Fsp3) is 0.182. The number of hydrogen-bond donors (Lipinski definition) is 3. The largest absolute Gasteiger partial charge is 0.373 e. The minimum atomic E-state index is 0.236. The lowest BCUT2D eigenvalue weighted by Crippen LogP contribution is -2.07. The Kier molecular flexibility index (Phi) is 3.34. The number of nitrogens with zero attached hydrogens (tertiary/aromatic N) is 3. The molecular weight excluding hydrogens is 216 g/mol. The Balaban J connectivity index is 2.06. The van der Waals surface area contributed by atoms with E-state index in [9.17, 15) is 0 Å². The molecule has 0 atom stereocenters. The van der Waals surface area contributed by atoms with Crippen molar-refractivity contribution >= 4 is 17.6 Å². The van der Waals surface area contributed by atoms with Gasteiger partial charge in [0.15, 0.2) is 0 Å². The maximum absolute atomic E-state index is 5.59. The van der Waals surface area contributed by atoms with Crippen molar-refractivity contribution in [3.05, 3.63) is 36.2 Å². The Morgan fingerprint density at radius 2 is 2.06 bits per heavy atom. The maximum Gasteiger partial charge on any atom is 0.223 e. The van der Waals surface area contributed by atoms with Crippen LogP contribution in [0.3, 0.4) is 0 Å².